The predicted molar refractivity (Wildman–Crippen MR) is 113 cm³/mol. The highest BCUT2D eigenvalue weighted by Gasteiger charge is 2.19. The van der Waals surface area contributed by atoms with Crippen LogP contribution < -0.4 is 0 Å². The molecule has 1 aliphatic heterocycles. The molecular weight excluding hydrogens is 445 g/mol. The molecule has 0 saturated carbocycles. The van der Waals surface area contributed by atoms with Gasteiger partial charge in [0, 0.05) is 64.5 Å². The molecule has 0 bridgehead atoms. The van der Waals surface area contributed by atoms with Gasteiger partial charge < -0.3 is 13.3 Å². The van der Waals surface area contributed by atoms with Crippen LogP contribution in [0.1, 0.15) is 19.4 Å². The fourth-order valence-corrected chi connectivity index (χ4v) is 3.52. The van der Waals surface area contributed by atoms with Crippen LogP contribution in [0.2, 0.25) is 0 Å². The Balaban J connectivity index is 2.04. The minimum Gasteiger partial charge on any atom is -0.508 e. The second kappa shape index (κ2) is 11.4. The van der Waals surface area contributed by atoms with Gasteiger partial charge in [-0.3, -0.25) is 14.7 Å². The van der Waals surface area contributed by atoms with Crippen molar-refractivity contribution >= 4 is 23.0 Å². The van der Waals surface area contributed by atoms with E-state index in [-0.39, 0.29) is 12.2 Å². The van der Waals surface area contributed by atoms with E-state index in [0.29, 0.717) is 12.3 Å². The van der Waals surface area contributed by atoms with Crippen LogP contribution in [-0.4, -0.2) is 89.5 Å². The van der Waals surface area contributed by atoms with Gasteiger partial charge >= 0.3 is 0 Å². The summed E-state index contributed by atoms with van der Waals surface area (Å²) in [5.41, 5.74) is 0.962. The van der Waals surface area contributed by atoms with Gasteiger partial charge in [0.15, 0.2) is 0 Å². The van der Waals surface area contributed by atoms with E-state index in [4.69, 9.17) is 3.07 Å². The number of rotatable bonds is 7. The van der Waals surface area contributed by atoms with Crippen LogP contribution >= 0.6 is 23.0 Å². The van der Waals surface area contributed by atoms with E-state index < -0.39 is 0 Å². The molecule has 0 aliphatic carbocycles. The predicted octanol–water partition coefficient (Wildman–Crippen LogP) is 1.95. The Labute approximate surface area is 171 Å². The fraction of sp³-hybridized carbons (Fsp3) is 0.684. The van der Waals surface area contributed by atoms with Gasteiger partial charge in [-0.15, -0.1) is 0 Å². The molecule has 7 heteroatoms. The molecule has 1 saturated heterocycles. The highest BCUT2D eigenvalue weighted by atomic mass is 127. The van der Waals surface area contributed by atoms with Crippen LogP contribution in [0.5, 0.6) is 5.75 Å². The van der Waals surface area contributed by atoms with Crippen LogP contribution in [0.4, 0.5) is 0 Å². The molecule has 0 unspecified atom stereocenters. The van der Waals surface area contributed by atoms with Crippen molar-refractivity contribution in [2.24, 2.45) is 0 Å². The van der Waals surface area contributed by atoms with Crippen LogP contribution in [0.15, 0.2) is 24.3 Å². The zero-order valence-corrected chi connectivity index (χ0v) is 18.0. The lowest BCUT2D eigenvalue weighted by Crippen LogP contribution is -2.41. The molecule has 1 aliphatic rings. The van der Waals surface area contributed by atoms with Gasteiger partial charge in [-0.1, -0.05) is 18.2 Å². The molecule has 2 atom stereocenters. The van der Waals surface area contributed by atoms with Gasteiger partial charge in [-0.2, -0.15) is 0 Å². The summed E-state index contributed by atoms with van der Waals surface area (Å²) in [5, 5.41) is 19.9. The first kappa shape index (κ1) is 21.8. The van der Waals surface area contributed by atoms with E-state index in [1.165, 1.54) is 0 Å². The third-order valence-electron chi connectivity index (χ3n) is 4.77. The summed E-state index contributed by atoms with van der Waals surface area (Å²) in [5.74, 6) is 0.358. The van der Waals surface area contributed by atoms with Gasteiger partial charge in [0.25, 0.3) is 0 Å². The number of halogens is 1. The van der Waals surface area contributed by atoms with Crippen LogP contribution in [0, 0.1) is 0 Å². The Morgan fingerprint density at radius 3 is 2.04 bits per heavy atom. The molecule has 0 amide bonds. The Bertz CT molecular complexity index is 533. The molecule has 2 rings (SSSR count). The highest BCUT2D eigenvalue weighted by molar-refractivity contribution is 14.1. The molecular formula is C19H32IN3O3. The lowest BCUT2D eigenvalue weighted by atomic mass is 10.2. The molecule has 1 heterocycles. The third kappa shape index (κ3) is 7.66. The molecule has 6 nitrogen and oxygen atoms in total. The first-order valence-corrected chi connectivity index (χ1v) is 10.3. The number of phenols is 1. The topological polar surface area (TPSA) is 59.4 Å². The van der Waals surface area contributed by atoms with E-state index in [1.54, 1.807) is 6.07 Å². The Hall–Kier alpha value is -0.450. The summed E-state index contributed by atoms with van der Waals surface area (Å²) in [4.78, 5) is 7.15. The van der Waals surface area contributed by atoms with Crippen molar-refractivity contribution in [1.82, 2.24) is 14.7 Å². The number of benzene rings is 1. The number of phenolic OH excluding ortho intramolecular Hbond substituents is 1. The summed E-state index contributed by atoms with van der Waals surface area (Å²) >= 11 is 1.97. The quantitative estimate of drug-likeness (QED) is 0.586. The number of aliphatic hydroxyl groups excluding tert-OH is 1. The summed E-state index contributed by atoms with van der Waals surface area (Å²) in [6.45, 7) is 11.9. The second-order valence-electron chi connectivity index (χ2n) is 7.25. The van der Waals surface area contributed by atoms with Crippen LogP contribution in [0.3, 0.4) is 0 Å². The first-order chi connectivity index (χ1) is 12.5. The maximum Gasteiger partial charge on any atom is 0.120 e. The molecule has 1 aromatic carbocycles. The van der Waals surface area contributed by atoms with Gasteiger partial charge in [0.2, 0.25) is 0 Å². The molecule has 0 spiro atoms. The van der Waals surface area contributed by atoms with E-state index in [0.717, 1.165) is 57.9 Å². The monoisotopic (exact) mass is 477 g/mol. The molecule has 0 aromatic heterocycles. The average Bonchev–Trinajstić information content (AvgIpc) is 2.69. The standard InChI is InChI=1S/C19H32IN3O3/c1-16(24)13-21-7-9-22(14-17(2)26-20)10-12-23(11-8-21)15-18-5-3-4-6-19(18)25/h3-6,16-17,24-25H,7-15H2,1-2H3/t16-,17-/m0/s1. The van der Waals surface area contributed by atoms with Gasteiger partial charge in [-0.25, -0.2) is 0 Å². The SMILES string of the molecule is C[C@H](O)CN1CCN(Cc2ccccc2O)CCN(C[C@H](C)OI)CC1. The number of nitrogens with zero attached hydrogens (tertiary/aromatic N) is 3. The van der Waals surface area contributed by atoms with Crippen molar-refractivity contribution < 1.29 is 13.3 Å². The van der Waals surface area contributed by atoms with E-state index >= 15 is 0 Å². The summed E-state index contributed by atoms with van der Waals surface area (Å²) in [6.07, 6.45) is -0.138. The summed E-state index contributed by atoms with van der Waals surface area (Å²) < 4.78 is 5.41. The molecule has 148 valence electrons. The minimum atomic E-state index is -0.326. The molecule has 1 aromatic rings. The maximum absolute atomic E-state index is 10.1. The minimum absolute atomic E-state index is 0.188. The van der Waals surface area contributed by atoms with Gasteiger partial charge in [0.1, 0.15) is 28.8 Å². The number of para-hydroxylation sites is 1. The number of hydrogen-bond acceptors (Lipinski definition) is 6. The van der Waals surface area contributed by atoms with E-state index in [1.807, 2.05) is 48.1 Å². The number of aliphatic hydroxyl groups is 1. The third-order valence-corrected chi connectivity index (χ3v) is 5.64. The molecule has 0 radical (unpaired) electrons. The van der Waals surface area contributed by atoms with Crippen molar-refractivity contribution in [2.45, 2.75) is 32.6 Å². The van der Waals surface area contributed by atoms with E-state index in [2.05, 4.69) is 21.6 Å². The summed E-state index contributed by atoms with van der Waals surface area (Å²) in [7, 11) is 0. The lowest BCUT2D eigenvalue weighted by Gasteiger charge is -2.27. The molecule has 1 fully saturated rings. The van der Waals surface area contributed by atoms with Crippen molar-refractivity contribution in [3.8, 4) is 5.75 Å². The zero-order valence-electron chi connectivity index (χ0n) is 15.9. The summed E-state index contributed by atoms with van der Waals surface area (Å²) in [6, 6.07) is 7.56. The van der Waals surface area contributed by atoms with Crippen LogP contribution in [0.25, 0.3) is 0 Å². The van der Waals surface area contributed by atoms with Gasteiger partial charge in [0.05, 0.1) is 12.2 Å². The number of β-amino-alcohol motifs (C(OH)–C–C–N with tert-alkyl or cyclic N) is 1. The molecule has 26 heavy (non-hydrogen) atoms. The van der Waals surface area contributed by atoms with Crippen molar-refractivity contribution in [3.05, 3.63) is 29.8 Å². The van der Waals surface area contributed by atoms with Crippen molar-refractivity contribution in [3.63, 3.8) is 0 Å². The molecule has 2 N–H and O–H groups in total. The van der Waals surface area contributed by atoms with Crippen molar-refractivity contribution in [1.29, 1.82) is 0 Å². The Morgan fingerprint density at radius 2 is 1.50 bits per heavy atom. The Morgan fingerprint density at radius 1 is 0.962 bits per heavy atom. The largest absolute Gasteiger partial charge is 0.508 e. The first-order valence-electron chi connectivity index (χ1n) is 9.37. The maximum atomic E-state index is 10.1. The highest BCUT2D eigenvalue weighted by Crippen LogP contribution is 2.18. The Kier molecular flexibility index (Phi) is 9.58. The second-order valence-corrected chi connectivity index (χ2v) is 7.76. The fourth-order valence-electron chi connectivity index (χ4n) is 3.36. The normalized spacial score (nSPS) is 20.9. The number of hydrogen-bond donors (Lipinski definition) is 2. The zero-order chi connectivity index (χ0) is 18.9. The van der Waals surface area contributed by atoms with Crippen molar-refractivity contribution in [2.75, 3.05) is 52.4 Å². The smallest absolute Gasteiger partial charge is 0.120 e. The van der Waals surface area contributed by atoms with E-state index in [9.17, 15) is 10.2 Å². The van der Waals surface area contributed by atoms with Gasteiger partial charge in [-0.05, 0) is 19.9 Å². The number of aromatic hydroxyl groups is 1. The van der Waals surface area contributed by atoms with Crippen LogP contribution in [-0.2, 0) is 9.61 Å². The average molecular weight is 477 g/mol. The lowest BCUT2D eigenvalue weighted by molar-refractivity contribution is 0.113.